The van der Waals surface area contributed by atoms with Crippen LogP contribution in [0.1, 0.15) is 25.3 Å². The number of nitrogens with one attached hydrogen (secondary N) is 1. The fourth-order valence-corrected chi connectivity index (χ4v) is 4.08. The highest BCUT2D eigenvalue weighted by Gasteiger charge is 2.27. The van der Waals surface area contributed by atoms with Crippen molar-refractivity contribution in [2.75, 3.05) is 31.6 Å². The minimum Gasteiger partial charge on any atom is -0.466 e. The molecule has 0 saturated carbocycles. The van der Waals surface area contributed by atoms with Gasteiger partial charge >= 0.3 is 5.97 Å². The van der Waals surface area contributed by atoms with E-state index in [0.29, 0.717) is 18.3 Å². The second-order valence-corrected chi connectivity index (χ2v) is 7.40. The predicted molar refractivity (Wildman–Crippen MR) is 98.8 cm³/mol. The van der Waals surface area contributed by atoms with Gasteiger partial charge in [-0.05, 0) is 50.9 Å². The van der Waals surface area contributed by atoms with Crippen LogP contribution in [0.4, 0.5) is 5.13 Å². The number of hydrogen-bond acceptors (Lipinski definition) is 6. The van der Waals surface area contributed by atoms with Crippen LogP contribution in [0.25, 0.3) is 10.2 Å². The molecule has 2 aromatic rings. The van der Waals surface area contributed by atoms with E-state index in [1.165, 1.54) is 16.9 Å². The summed E-state index contributed by atoms with van der Waals surface area (Å²) in [5.74, 6) is -0.388. The predicted octanol–water partition coefficient (Wildman–Crippen LogP) is 2.82. The zero-order chi connectivity index (χ0) is 17.8. The molecule has 25 heavy (non-hydrogen) atoms. The van der Waals surface area contributed by atoms with Crippen LogP contribution < -0.4 is 5.32 Å². The lowest BCUT2D eigenvalue weighted by molar-refractivity contribution is -0.150. The Morgan fingerprint density at radius 1 is 1.44 bits per heavy atom. The van der Waals surface area contributed by atoms with Crippen molar-refractivity contribution in [1.29, 1.82) is 0 Å². The minimum atomic E-state index is -0.158. The molecule has 1 aromatic carbocycles. The average Bonchev–Trinajstić information content (AvgIpc) is 2.96. The molecule has 1 aliphatic rings. The van der Waals surface area contributed by atoms with Crippen LogP contribution in [0.15, 0.2) is 18.2 Å². The third-order valence-electron chi connectivity index (χ3n) is 4.28. The van der Waals surface area contributed by atoms with Crippen molar-refractivity contribution in [3.63, 3.8) is 0 Å². The van der Waals surface area contributed by atoms with E-state index in [0.717, 1.165) is 29.6 Å². The smallest absolute Gasteiger partial charge is 0.310 e. The standard InChI is InChI=1S/C18H23N3O3S/c1-3-24-17(23)13-5-4-8-21(10-13)11-16(22)20-18-19-14-7-6-12(2)9-15(14)25-18/h6-7,9,13H,3-5,8,10-11H2,1-2H3,(H,19,20,22)/t13-/m0/s1. The number of piperidine rings is 1. The summed E-state index contributed by atoms with van der Waals surface area (Å²) in [6.45, 7) is 5.91. The van der Waals surface area contributed by atoms with Gasteiger partial charge in [0.05, 0.1) is 29.3 Å². The van der Waals surface area contributed by atoms with E-state index in [1.54, 1.807) is 0 Å². The monoisotopic (exact) mass is 361 g/mol. The van der Waals surface area contributed by atoms with Crippen molar-refractivity contribution in [1.82, 2.24) is 9.88 Å². The Labute approximate surface area is 151 Å². The summed E-state index contributed by atoms with van der Waals surface area (Å²) in [6.07, 6.45) is 1.73. The largest absolute Gasteiger partial charge is 0.466 e. The van der Waals surface area contributed by atoms with Crippen LogP contribution in [0.5, 0.6) is 0 Å². The molecule has 1 aromatic heterocycles. The Hall–Kier alpha value is -1.99. The van der Waals surface area contributed by atoms with E-state index in [9.17, 15) is 9.59 Å². The number of nitrogens with zero attached hydrogens (tertiary/aromatic N) is 2. The number of likely N-dealkylation sites (tertiary alicyclic amines) is 1. The number of carbonyl (C=O) groups excluding carboxylic acids is 2. The Bertz CT molecular complexity index is 774. The molecule has 134 valence electrons. The molecule has 1 atom stereocenters. The maximum Gasteiger partial charge on any atom is 0.310 e. The van der Waals surface area contributed by atoms with E-state index in [4.69, 9.17) is 4.74 Å². The van der Waals surface area contributed by atoms with Gasteiger partial charge in [0.1, 0.15) is 0 Å². The van der Waals surface area contributed by atoms with E-state index in [2.05, 4.69) is 16.4 Å². The Morgan fingerprint density at radius 2 is 2.28 bits per heavy atom. The van der Waals surface area contributed by atoms with Crippen molar-refractivity contribution >= 4 is 38.6 Å². The quantitative estimate of drug-likeness (QED) is 0.829. The first-order chi connectivity index (χ1) is 12.0. The highest BCUT2D eigenvalue weighted by molar-refractivity contribution is 7.22. The molecule has 2 heterocycles. The number of benzene rings is 1. The second kappa shape index (κ2) is 7.93. The lowest BCUT2D eigenvalue weighted by Gasteiger charge is -2.30. The fraction of sp³-hybridized carbons (Fsp3) is 0.500. The first-order valence-electron chi connectivity index (χ1n) is 8.61. The number of ether oxygens (including phenoxy) is 1. The summed E-state index contributed by atoms with van der Waals surface area (Å²) in [6, 6.07) is 6.04. The van der Waals surface area contributed by atoms with E-state index < -0.39 is 0 Å². The number of carbonyl (C=O) groups is 2. The molecule has 1 N–H and O–H groups in total. The lowest BCUT2D eigenvalue weighted by atomic mass is 9.98. The number of rotatable bonds is 5. The summed E-state index contributed by atoms with van der Waals surface area (Å²) in [5.41, 5.74) is 2.07. The van der Waals surface area contributed by atoms with E-state index in [1.807, 2.05) is 30.9 Å². The van der Waals surface area contributed by atoms with Crippen molar-refractivity contribution in [2.24, 2.45) is 5.92 Å². The Kier molecular flexibility index (Phi) is 5.65. The molecule has 3 rings (SSSR count). The molecule has 0 bridgehead atoms. The van der Waals surface area contributed by atoms with Crippen molar-refractivity contribution in [3.05, 3.63) is 23.8 Å². The molecule has 0 radical (unpaired) electrons. The van der Waals surface area contributed by atoms with Gasteiger partial charge in [-0.3, -0.25) is 14.5 Å². The van der Waals surface area contributed by atoms with Gasteiger partial charge in [-0.15, -0.1) is 0 Å². The van der Waals surface area contributed by atoms with Crippen LogP contribution in [-0.2, 0) is 14.3 Å². The Balaban J connectivity index is 1.57. The zero-order valence-corrected chi connectivity index (χ0v) is 15.4. The third-order valence-corrected chi connectivity index (χ3v) is 5.22. The van der Waals surface area contributed by atoms with Crippen molar-refractivity contribution in [2.45, 2.75) is 26.7 Å². The first-order valence-corrected chi connectivity index (χ1v) is 9.43. The van der Waals surface area contributed by atoms with Crippen LogP contribution >= 0.6 is 11.3 Å². The highest BCUT2D eigenvalue weighted by Crippen LogP contribution is 2.26. The topological polar surface area (TPSA) is 71.5 Å². The van der Waals surface area contributed by atoms with Gasteiger partial charge < -0.3 is 10.1 Å². The normalized spacial score (nSPS) is 18.2. The average molecular weight is 361 g/mol. The van der Waals surface area contributed by atoms with Crippen LogP contribution in [0, 0.1) is 12.8 Å². The van der Waals surface area contributed by atoms with Crippen LogP contribution in [0.2, 0.25) is 0 Å². The van der Waals surface area contributed by atoms with Crippen LogP contribution in [-0.4, -0.2) is 48.0 Å². The lowest BCUT2D eigenvalue weighted by Crippen LogP contribution is -2.43. The maximum atomic E-state index is 12.3. The molecule has 0 spiro atoms. The molecule has 7 heteroatoms. The van der Waals surface area contributed by atoms with Crippen molar-refractivity contribution in [3.8, 4) is 0 Å². The number of esters is 1. The molecule has 1 amide bonds. The molecular weight excluding hydrogens is 338 g/mol. The third kappa shape index (κ3) is 4.55. The SMILES string of the molecule is CCOC(=O)[C@H]1CCCN(CC(=O)Nc2nc3ccc(C)cc3s2)C1. The number of fused-ring (bicyclic) bond motifs is 1. The summed E-state index contributed by atoms with van der Waals surface area (Å²) in [4.78, 5) is 30.7. The zero-order valence-electron chi connectivity index (χ0n) is 14.6. The summed E-state index contributed by atoms with van der Waals surface area (Å²) >= 11 is 1.48. The molecule has 0 unspecified atom stereocenters. The molecule has 1 saturated heterocycles. The number of aromatic nitrogens is 1. The minimum absolute atomic E-state index is 0.0970. The summed E-state index contributed by atoms with van der Waals surface area (Å²) < 4.78 is 6.16. The van der Waals surface area contributed by atoms with E-state index >= 15 is 0 Å². The van der Waals surface area contributed by atoms with Crippen molar-refractivity contribution < 1.29 is 14.3 Å². The maximum absolute atomic E-state index is 12.3. The highest BCUT2D eigenvalue weighted by atomic mass is 32.1. The number of hydrogen-bond donors (Lipinski definition) is 1. The van der Waals surface area contributed by atoms with Gasteiger partial charge in [-0.2, -0.15) is 0 Å². The molecular formula is C18H23N3O3S. The molecule has 6 nitrogen and oxygen atoms in total. The number of amides is 1. The first kappa shape index (κ1) is 17.8. The van der Waals surface area contributed by atoms with Gasteiger partial charge in [-0.25, -0.2) is 4.98 Å². The molecule has 1 aliphatic heterocycles. The summed E-state index contributed by atoms with van der Waals surface area (Å²) in [5, 5.41) is 3.49. The van der Waals surface area contributed by atoms with Gasteiger partial charge in [0.15, 0.2) is 5.13 Å². The summed E-state index contributed by atoms with van der Waals surface area (Å²) in [7, 11) is 0. The Morgan fingerprint density at radius 3 is 3.08 bits per heavy atom. The number of aryl methyl sites for hydroxylation is 1. The van der Waals surface area contributed by atoms with Gasteiger partial charge in [0.25, 0.3) is 0 Å². The van der Waals surface area contributed by atoms with Gasteiger partial charge in [-0.1, -0.05) is 17.4 Å². The fourth-order valence-electron chi connectivity index (χ4n) is 3.10. The number of thiazole rings is 1. The van der Waals surface area contributed by atoms with Gasteiger partial charge in [0, 0.05) is 6.54 Å². The molecule has 1 fully saturated rings. The number of anilines is 1. The van der Waals surface area contributed by atoms with Gasteiger partial charge in [0.2, 0.25) is 5.91 Å². The van der Waals surface area contributed by atoms with Crippen LogP contribution in [0.3, 0.4) is 0 Å². The molecule has 0 aliphatic carbocycles. The van der Waals surface area contributed by atoms with E-state index in [-0.39, 0.29) is 24.3 Å². The second-order valence-electron chi connectivity index (χ2n) is 6.36.